The van der Waals surface area contributed by atoms with Crippen molar-refractivity contribution in [2.75, 3.05) is 5.73 Å². The van der Waals surface area contributed by atoms with E-state index < -0.39 is 0 Å². The molecule has 1 fully saturated rings. The van der Waals surface area contributed by atoms with Crippen LogP contribution in [0.2, 0.25) is 0 Å². The second-order valence-electron chi connectivity index (χ2n) is 4.09. The number of nitrogen functional groups attached to an aromatic ring is 1. The number of halogens is 3. The highest BCUT2D eigenvalue weighted by Gasteiger charge is 2.22. The number of nitrogens with zero attached hydrogens (tertiary/aromatic N) is 2. The van der Waals surface area contributed by atoms with Gasteiger partial charge in [0, 0.05) is 12.2 Å². The smallest absolute Gasteiger partial charge is 0.0958 e. The lowest BCUT2D eigenvalue weighted by molar-refractivity contribution is 0.642. The fourth-order valence-electron chi connectivity index (χ4n) is 1.80. The highest BCUT2D eigenvalue weighted by Crippen LogP contribution is 2.31. The molecule has 2 aromatic rings. The Balaban J connectivity index is 0.000000853. The average molecular weight is 297 g/mol. The van der Waals surface area contributed by atoms with Crippen molar-refractivity contribution in [3.63, 3.8) is 0 Å². The topological polar surface area (TPSA) is 43.8 Å². The van der Waals surface area contributed by atoms with Crippen LogP contribution in [0.3, 0.4) is 0 Å². The minimum Gasteiger partial charge on any atom is -0.399 e. The van der Waals surface area contributed by atoms with Gasteiger partial charge in [-0.3, -0.25) is 0 Å². The van der Waals surface area contributed by atoms with Crippen molar-refractivity contribution in [1.82, 2.24) is 9.55 Å². The molecule has 0 aliphatic heterocycles. The number of aromatic nitrogens is 2. The summed E-state index contributed by atoms with van der Waals surface area (Å²) in [5.41, 5.74) is 8.69. The van der Waals surface area contributed by atoms with Crippen molar-refractivity contribution >= 4 is 53.9 Å². The molecule has 3 nitrogen and oxygen atoms in total. The number of hydrogen-bond acceptors (Lipinski definition) is 2. The molecule has 1 aliphatic carbocycles. The molecule has 0 unspecified atom stereocenters. The van der Waals surface area contributed by atoms with E-state index in [1.165, 1.54) is 18.4 Å². The Morgan fingerprint density at radius 2 is 1.94 bits per heavy atom. The van der Waals surface area contributed by atoms with Crippen LogP contribution < -0.4 is 5.73 Å². The van der Waals surface area contributed by atoms with Gasteiger partial charge in [0.1, 0.15) is 0 Å². The van der Waals surface area contributed by atoms with Crippen LogP contribution in [0.4, 0.5) is 5.69 Å². The summed E-state index contributed by atoms with van der Waals surface area (Å²) in [7, 11) is 0. The summed E-state index contributed by atoms with van der Waals surface area (Å²) >= 11 is 0. The van der Waals surface area contributed by atoms with Gasteiger partial charge >= 0.3 is 0 Å². The maximum absolute atomic E-state index is 5.70. The van der Waals surface area contributed by atoms with Gasteiger partial charge in [0.2, 0.25) is 0 Å². The lowest BCUT2D eigenvalue weighted by Gasteiger charge is -2.01. The summed E-state index contributed by atoms with van der Waals surface area (Å²) in [5.74, 6) is 0.880. The predicted molar refractivity (Wildman–Crippen MR) is 78.6 cm³/mol. The number of imidazole rings is 1. The quantitative estimate of drug-likeness (QED) is 0.864. The molecule has 1 heterocycles. The van der Waals surface area contributed by atoms with Gasteiger partial charge in [0.25, 0.3) is 0 Å². The van der Waals surface area contributed by atoms with E-state index in [-0.39, 0.29) is 37.2 Å². The second kappa shape index (κ2) is 6.34. The Morgan fingerprint density at radius 3 is 2.59 bits per heavy atom. The predicted octanol–water partition coefficient (Wildman–Crippen LogP) is 3.29. The summed E-state index contributed by atoms with van der Waals surface area (Å²) in [6.07, 6.45) is 4.66. The van der Waals surface area contributed by atoms with Crippen molar-refractivity contribution in [3.05, 3.63) is 24.5 Å². The first kappa shape index (κ1) is 16.4. The summed E-state index contributed by atoms with van der Waals surface area (Å²) < 4.78 is 2.23. The third-order valence-electron chi connectivity index (χ3n) is 2.80. The fraction of sp³-hybridized carbons (Fsp3) is 0.364. The second-order valence-corrected chi connectivity index (χ2v) is 4.09. The highest BCUT2D eigenvalue weighted by molar-refractivity contribution is 5.86. The number of anilines is 1. The average Bonchev–Trinajstić information content (AvgIpc) is 2.89. The van der Waals surface area contributed by atoms with Gasteiger partial charge < -0.3 is 10.3 Å². The molecule has 1 aliphatic rings. The third-order valence-corrected chi connectivity index (χ3v) is 2.80. The van der Waals surface area contributed by atoms with Crippen LogP contribution in [0.25, 0.3) is 11.0 Å². The standard InChI is InChI=1S/C11H13N3.3ClH/c12-9-3-4-11-10(5-9)13-7-14(11)6-8-1-2-8;;;/h3-5,7-8H,1-2,6,12H2;3*1H. The van der Waals surface area contributed by atoms with Gasteiger partial charge in [-0.2, -0.15) is 0 Å². The van der Waals surface area contributed by atoms with E-state index in [1.807, 2.05) is 18.5 Å². The lowest BCUT2D eigenvalue weighted by Crippen LogP contribution is -1.97. The minimum atomic E-state index is 0. The van der Waals surface area contributed by atoms with Crippen LogP contribution >= 0.6 is 37.2 Å². The molecular formula is C11H16Cl3N3. The van der Waals surface area contributed by atoms with Gasteiger partial charge in [0.15, 0.2) is 0 Å². The Kier molecular flexibility index (Phi) is 6.10. The molecule has 3 rings (SSSR count). The fourth-order valence-corrected chi connectivity index (χ4v) is 1.80. The summed E-state index contributed by atoms with van der Waals surface area (Å²) in [6.45, 7) is 1.11. The van der Waals surface area contributed by atoms with Crippen LogP contribution in [0.1, 0.15) is 12.8 Å². The number of hydrogen-bond donors (Lipinski definition) is 1. The molecule has 0 bridgehead atoms. The van der Waals surface area contributed by atoms with E-state index in [0.717, 1.165) is 23.7 Å². The molecule has 1 aromatic carbocycles. The molecule has 1 aromatic heterocycles. The Hall–Kier alpha value is -0.640. The van der Waals surface area contributed by atoms with Crippen molar-refractivity contribution < 1.29 is 0 Å². The molecule has 0 atom stereocenters. The molecule has 6 heteroatoms. The van der Waals surface area contributed by atoms with E-state index in [0.29, 0.717) is 0 Å². The summed E-state index contributed by atoms with van der Waals surface area (Å²) in [6, 6.07) is 5.92. The van der Waals surface area contributed by atoms with Crippen LogP contribution in [-0.4, -0.2) is 9.55 Å². The Bertz CT molecular complexity index is 480. The van der Waals surface area contributed by atoms with E-state index in [9.17, 15) is 0 Å². The van der Waals surface area contributed by atoms with E-state index in [2.05, 4.69) is 15.6 Å². The largest absolute Gasteiger partial charge is 0.399 e. The summed E-state index contributed by atoms with van der Waals surface area (Å²) in [4.78, 5) is 4.34. The lowest BCUT2D eigenvalue weighted by atomic mass is 10.3. The third kappa shape index (κ3) is 3.41. The van der Waals surface area contributed by atoms with Crippen LogP contribution in [0.5, 0.6) is 0 Å². The molecule has 1 saturated carbocycles. The van der Waals surface area contributed by atoms with E-state index in [4.69, 9.17) is 5.73 Å². The van der Waals surface area contributed by atoms with Crippen molar-refractivity contribution in [1.29, 1.82) is 0 Å². The van der Waals surface area contributed by atoms with E-state index in [1.54, 1.807) is 0 Å². The van der Waals surface area contributed by atoms with Gasteiger partial charge in [-0.05, 0) is 37.0 Å². The molecule has 96 valence electrons. The SMILES string of the molecule is Cl.Cl.Cl.Nc1ccc2c(c1)ncn2CC1CC1. The molecule has 0 amide bonds. The van der Waals surface area contributed by atoms with Crippen molar-refractivity contribution in [2.24, 2.45) is 5.92 Å². The molecule has 0 saturated heterocycles. The molecular weight excluding hydrogens is 281 g/mol. The Labute approximate surface area is 119 Å². The van der Waals surface area contributed by atoms with Gasteiger partial charge in [0.05, 0.1) is 17.4 Å². The van der Waals surface area contributed by atoms with Crippen molar-refractivity contribution in [3.8, 4) is 0 Å². The monoisotopic (exact) mass is 295 g/mol. The van der Waals surface area contributed by atoms with Crippen LogP contribution in [0.15, 0.2) is 24.5 Å². The zero-order chi connectivity index (χ0) is 9.54. The first-order chi connectivity index (χ1) is 6.83. The molecule has 0 radical (unpaired) electrons. The van der Waals surface area contributed by atoms with Gasteiger partial charge in [-0.1, -0.05) is 0 Å². The summed E-state index contributed by atoms with van der Waals surface area (Å²) in [5, 5.41) is 0. The zero-order valence-electron chi connectivity index (χ0n) is 9.20. The molecule has 17 heavy (non-hydrogen) atoms. The zero-order valence-corrected chi connectivity index (χ0v) is 11.7. The maximum atomic E-state index is 5.70. The van der Waals surface area contributed by atoms with Gasteiger partial charge in [-0.25, -0.2) is 4.98 Å². The number of rotatable bonds is 2. The van der Waals surface area contributed by atoms with Crippen LogP contribution in [0, 0.1) is 5.92 Å². The number of nitrogens with two attached hydrogens (primary N) is 1. The Morgan fingerprint density at radius 1 is 1.24 bits per heavy atom. The van der Waals surface area contributed by atoms with E-state index >= 15 is 0 Å². The minimum absolute atomic E-state index is 0. The normalized spacial score (nSPS) is 13.4. The molecule has 0 spiro atoms. The molecule has 2 N–H and O–H groups in total. The number of benzene rings is 1. The maximum Gasteiger partial charge on any atom is 0.0958 e. The van der Waals surface area contributed by atoms with Crippen molar-refractivity contribution in [2.45, 2.75) is 19.4 Å². The van der Waals surface area contributed by atoms with Gasteiger partial charge in [-0.15, -0.1) is 37.2 Å². The first-order valence-corrected chi connectivity index (χ1v) is 5.03. The first-order valence-electron chi connectivity index (χ1n) is 5.03. The highest BCUT2D eigenvalue weighted by atomic mass is 35.5. The number of fused-ring (bicyclic) bond motifs is 1. The van der Waals surface area contributed by atoms with Crippen LogP contribution in [-0.2, 0) is 6.54 Å².